The second kappa shape index (κ2) is 8.81. The van der Waals surface area contributed by atoms with E-state index in [1.165, 1.54) is 6.07 Å². The lowest BCUT2D eigenvalue weighted by atomic mass is 9.90. The average Bonchev–Trinajstić information content (AvgIpc) is 3.30. The molecule has 9 heteroatoms. The van der Waals surface area contributed by atoms with Gasteiger partial charge in [0.2, 0.25) is 0 Å². The van der Waals surface area contributed by atoms with Crippen LogP contribution in [-0.2, 0) is 13.0 Å². The average molecular weight is 461 g/mol. The topological polar surface area (TPSA) is 65.8 Å². The number of nitrogens with zero attached hydrogens (tertiary/aromatic N) is 5. The highest BCUT2D eigenvalue weighted by Gasteiger charge is 2.27. The van der Waals surface area contributed by atoms with Crippen molar-refractivity contribution in [1.82, 2.24) is 15.5 Å². The van der Waals surface area contributed by atoms with Crippen LogP contribution in [0.3, 0.4) is 0 Å². The molecule has 4 heterocycles. The van der Waals surface area contributed by atoms with E-state index in [1.807, 2.05) is 6.07 Å². The van der Waals surface area contributed by atoms with Gasteiger partial charge in [-0.25, -0.2) is 4.39 Å². The van der Waals surface area contributed by atoms with E-state index < -0.39 is 5.82 Å². The molecule has 0 aliphatic carbocycles. The van der Waals surface area contributed by atoms with Gasteiger partial charge in [-0.15, -0.1) is 5.10 Å². The van der Waals surface area contributed by atoms with Gasteiger partial charge in [-0.3, -0.25) is 0 Å². The number of aromatic nitrogens is 2. The fourth-order valence-electron chi connectivity index (χ4n) is 4.52. The minimum Gasteiger partial charge on any atom is -0.365 e. The standard InChI is InChI=1S/C22H23Cl2FN6/c23-15-3-4-16(25)22(24)14(15)12-31-9-1-2-17-21(31)11-20(30-27-17)19-10-18(28-29-19)13-5-7-26-8-6-13/h3-4,11,13,26H,1-2,5-10,12H2. The maximum Gasteiger partial charge on any atom is 0.142 e. The van der Waals surface area contributed by atoms with E-state index in [4.69, 9.17) is 23.2 Å². The van der Waals surface area contributed by atoms with Gasteiger partial charge < -0.3 is 10.2 Å². The van der Waals surface area contributed by atoms with Crippen molar-refractivity contribution >= 4 is 40.3 Å². The number of rotatable bonds is 4. The Hall–Kier alpha value is -2.09. The molecule has 1 saturated heterocycles. The van der Waals surface area contributed by atoms with E-state index in [0.29, 0.717) is 23.0 Å². The molecule has 0 atom stereocenters. The SMILES string of the molecule is Fc1ccc(Cl)c(CN2CCCc3nnc(C4=NN=C(C5CCNCC5)C4)cc32)c1Cl. The Morgan fingerprint density at radius 1 is 1.13 bits per heavy atom. The quantitative estimate of drug-likeness (QED) is 0.685. The molecule has 0 radical (unpaired) electrons. The zero-order chi connectivity index (χ0) is 21.4. The van der Waals surface area contributed by atoms with E-state index in [2.05, 4.69) is 30.6 Å². The number of hydrogen-bond acceptors (Lipinski definition) is 6. The van der Waals surface area contributed by atoms with Crippen LogP contribution in [0.2, 0.25) is 10.0 Å². The van der Waals surface area contributed by atoms with Crippen LogP contribution in [0, 0.1) is 11.7 Å². The molecule has 1 fully saturated rings. The minimum absolute atomic E-state index is 0.0713. The summed E-state index contributed by atoms with van der Waals surface area (Å²) in [5.74, 6) is 0.0246. The normalized spacial score (nSPS) is 19.3. The maximum atomic E-state index is 14.0. The molecule has 162 valence electrons. The van der Waals surface area contributed by atoms with Gasteiger partial charge in [-0.2, -0.15) is 15.3 Å². The van der Waals surface area contributed by atoms with Crippen molar-refractivity contribution in [3.8, 4) is 0 Å². The van der Waals surface area contributed by atoms with Gasteiger partial charge >= 0.3 is 0 Å². The summed E-state index contributed by atoms with van der Waals surface area (Å²) in [6, 6.07) is 4.87. The van der Waals surface area contributed by atoms with E-state index in [9.17, 15) is 4.39 Å². The molecule has 31 heavy (non-hydrogen) atoms. The molecule has 5 rings (SSSR count). The molecule has 1 N–H and O–H groups in total. The molecular formula is C22H23Cl2FN6. The number of nitrogens with one attached hydrogen (secondary N) is 1. The summed E-state index contributed by atoms with van der Waals surface area (Å²) < 4.78 is 14.0. The maximum absolute atomic E-state index is 14.0. The van der Waals surface area contributed by atoms with Crippen molar-refractivity contribution in [2.24, 2.45) is 16.1 Å². The Labute approximate surface area is 190 Å². The fourth-order valence-corrected chi connectivity index (χ4v) is 5.01. The fraction of sp³-hybridized carbons (Fsp3) is 0.455. The molecule has 3 aliphatic rings. The highest BCUT2D eigenvalue weighted by Crippen LogP contribution is 2.33. The van der Waals surface area contributed by atoms with E-state index in [1.54, 1.807) is 6.07 Å². The van der Waals surface area contributed by atoms with Crippen molar-refractivity contribution in [1.29, 1.82) is 0 Å². The number of hydrogen-bond donors (Lipinski definition) is 1. The summed E-state index contributed by atoms with van der Waals surface area (Å²) in [6.07, 6.45) is 4.71. The summed E-state index contributed by atoms with van der Waals surface area (Å²) >= 11 is 12.5. The van der Waals surface area contributed by atoms with Crippen LogP contribution in [0.4, 0.5) is 10.1 Å². The van der Waals surface area contributed by atoms with Crippen molar-refractivity contribution in [2.75, 3.05) is 24.5 Å². The van der Waals surface area contributed by atoms with E-state index in [0.717, 1.165) is 80.2 Å². The number of anilines is 1. The van der Waals surface area contributed by atoms with Gasteiger partial charge in [0.1, 0.15) is 11.5 Å². The summed E-state index contributed by atoms with van der Waals surface area (Å²) in [5, 5.41) is 21.7. The van der Waals surface area contributed by atoms with Gasteiger partial charge in [-0.1, -0.05) is 23.2 Å². The smallest absolute Gasteiger partial charge is 0.142 e. The zero-order valence-corrected chi connectivity index (χ0v) is 18.6. The molecule has 3 aliphatic heterocycles. The Bertz CT molecular complexity index is 1060. The lowest BCUT2D eigenvalue weighted by molar-refractivity contribution is 0.454. The number of fused-ring (bicyclic) bond motifs is 1. The third-order valence-corrected chi connectivity index (χ3v) is 7.03. The summed E-state index contributed by atoms with van der Waals surface area (Å²) in [6.45, 7) is 3.27. The molecule has 2 aromatic rings. The largest absolute Gasteiger partial charge is 0.365 e. The molecule has 0 unspecified atom stereocenters. The highest BCUT2D eigenvalue weighted by atomic mass is 35.5. The van der Waals surface area contributed by atoms with Crippen LogP contribution < -0.4 is 10.2 Å². The number of benzene rings is 1. The highest BCUT2D eigenvalue weighted by molar-refractivity contribution is 6.36. The second-order valence-corrected chi connectivity index (χ2v) is 9.03. The first-order valence-electron chi connectivity index (χ1n) is 10.7. The van der Waals surface area contributed by atoms with E-state index >= 15 is 0 Å². The summed E-state index contributed by atoms with van der Waals surface area (Å²) in [7, 11) is 0. The molecule has 0 saturated carbocycles. The van der Waals surface area contributed by atoms with Crippen LogP contribution in [0.25, 0.3) is 0 Å². The Morgan fingerprint density at radius 2 is 1.97 bits per heavy atom. The molecule has 1 aromatic heterocycles. The number of piperidine rings is 1. The van der Waals surface area contributed by atoms with Crippen LogP contribution in [0.5, 0.6) is 0 Å². The van der Waals surface area contributed by atoms with Crippen LogP contribution in [0.15, 0.2) is 28.4 Å². The van der Waals surface area contributed by atoms with Crippen molar-refractivity contribution in [3.63, 3.8) is 0 Å². The number of aryl methyl sites for hydroxylation is 1. The lowest BCUT2D eigenvalue weighted by Crippen LogP contribution is -2.32. The third-order valence-electron chi connectivity index (χ3n) is 6.27. The second-order valence-electron chi connectivity index (χ2n) is 8.25. The summed E-state index contributed by atoms with van der Waals surface area (Å²) in [4.78, 5) is 2.15. The Morgan fingerprint density at radius 3 is 2.81 bits per heavy atom. The first kappa shape index (κ1) is 20.8. The van der Waals surface area contributed by atoms with Crippen LogP contribution in [0.1, 0.15) is 42.6 Å². The molecule has 0 spiro atoms. The molecule has 0 bridgehead atoms. The predicted octanol–water partition coefficient (Wildman–Crippen LogP) is 4.42. The van der Waals surface area contributed by atoms with Gasteiger partial charge in [0, 0.05) is 41.7 Å². The van der Waals surface area contributed by atoms with Crippen LogP contribution in [-0.4, -0.2) is 41.3 Å². The first-order valence-corrected chi connectivity index (χ1v) is 11.4. The van der Waals surface area contributed by atoms with Crippen molar-refractivity contribution in [2.45, 2.75) is 38.6 Å². The first-order chi connectivity index (χ1) is 15.1. The van der Waals surface area contributed by atoms with Crippen LogP contribution >= 0.6 is 23.2 Å². The molecule has 6 nitrogen and oxygen atoms in total. The summed E-state index contributed by atoms with van der Waals surface area (Å²) in [5.41, 5.74) is 5.24. The minimum atomic E-state index is -0.463. The monoisotopic (exact) mass is 460 g/mol. The van der Waals surface area contributed by atoms with Gasteiger partial charge in [0.15, 0.2) is 0 Å². The van der Waals surface area contributed by atoms with Gasteiger partial charge in [0.25, 0.3) is 0 Å². The molecule has 0 amide bonds. The predicted molar refractivity (Wildman–Crippen MR) is 122 cm³/mol. The molecular weight excluding hydrogens is 438 g/mol. The van der Waals surface area contributed by atoms with E-state index in [-0.39, 0.29) is 5.02 Å². The third kappa shape index (κ3) is 4.19. The van der Waals surface area contributed by atoms with Crippen molar-refractivity contribution in [3.05, 3.63) is 51.0 Å². The van der Waals surface area contributed by atoms with Gasteiger partial charge in [0.05, 0.1) is 22.1 Å². The zero-order valence-electron chi connectivity index (χ0n) is 17.0. The van der Waals surface area contributed by atoms with Crippen molar-refractivity contribution < 1.29 is 4.39 Å². The molecule has 1 aromatic carbocycles. The lowest BCUT2D eigenvalue weighted by Gasteiger charge is -2.31. The Balaban J connectivity index is 1.38. The number of halogens is 3. The Kier molecular flexibility index (Phi) is 5.91. The van der Waals surface area contributed by atoms with Gasteiger partial charge in [-0.05, 0) is 57.0 Å².